The fourth-order valence-electron chi connectivity index (χ4n) is 6.33. The van der Waals surface area contributed by atoms with Gasteiger partial charge in [0.25, 0.3) is 0 Å². The van der Waals surface area contributed by atoms with Crippen molar-refractivity contribution in [3.05, 3.63) is 36.6 Å². The van der Waals surface area contributed by atoms with Gasteiger partial charge in [-0.05, 0) is 42.3 Å². The maximum Gasteiger partial charge on any atom is 0.341 e. The van der Waals surface area contributed by atoms with E-state index in [-0.39, 0.29) is 41.5 Å². The van der Waals surface area contributed by atoms with Crippen LogP contribution >= 0.6 is 0 Å². The van der Waals surface area contributed by atoms with Crippen molar-refractivity contribution in [2.24, 2.45) is 23.7 Å². The molecule has 2 N–H and O–H groups in total. The van der Waals surface area contributed by atoms with E-state index in [1.54, 1.807) is 0 Å². The summed E-state index contributed by atoms with van der Waals surface area (Å²) in [5, 5.41) is 21.3. The predicted molar refractivity (Wildman–Crippen MR) is 135 cm³/mol. The van der Waals surface area contributed by atoms with Crippen LogP contribution in [0.2, 0.25) is 18.1 Å². The summed E-state index contributed by atoms with van der Waals surface area (Å²) in [6, 6.07) is 3.06. The summed E-state index contributed by atoms with van der Waals surface area (Å²) in [5.74, 6) is -0.497. The van der Waals surface area contributed by atoms with Crippen LogP contribution in [0.3, 0.4) is 0 Å². The highest BCUT2D eigenvalue weighted by Gasteiger charge is 2.67. The van der Waals surface area contributed by atoms with Crippen LogP contribution in [0.15, 0.2) is 36.6 Å². The van der Waals surface area contributed by atoms with E-state index in [9.17, 15) is 15.0 Å². The van der Waals surface area contributed by atoms with Gasteiger partial charge in [0, 0.05) is 6.42 Å². The van der Waals surface area contributed by atoms with Gasteiger partial charge in [-0.3, -0.25) is 0 Å². The smallest absolute Gasteiger partial charge is 0.341 e. The first kappa shape index (κ1) is 27.2. The molecule has 0 aromatic rings. The molecule has 1 aliphatic carbocycles. The van der Waals surface area contributed by atoms with E-state index < -0.39 is 32.1 Å². The summed E-state index contributed by atoms with van der Waals surface area (Å²) in [6.07, 6.45) is 2.36. The second kappa shape index (κ2) is 10.3. The van der Waals surface area contributed by atoms with Crippen molar-refractivity contribution in [3.63, 3.8) is 0 Å². The Morgan fingerprint density at radius 1 is 1.18 bits per heavy atom. The van der Waals surface area contributed by atoms with E-state index in [2.05, 4.69) is 40.9 Å². The highest BCUT2D eigenvalue weighted by Crippen LogP contribution is 2.58. The summed E-state index contributed by atoms with van der Waals surface area (Å²) in [6.45, 7) is 20.3. The van der Waals surface area contributed by atoms with Gasteiger partial charge in [0.1, 0.15) is 11.7 Å². The van der Waals surface area contributed by atoms with Gasteiger partial charge in [0.15, 0.2) is 19.7 Å². The zero-order valence-electron chi connectivity index (χ0n) is 21.8. The Morgan fingerprint density at radius 3 is 2.32 bits per heavy atom. The largest absolute Gasteiger partial charge is 0.487 e. The highest BCUT2D eigenvalue weighted by atomic mass is 28.4. The van der Waals surface area contributed by atoms with Crippen LogP contribution in [0.1, 0.15) is 54.4 Å². The number of carbonyl (C=O) groups is 1. The summed E-state index contributed by atoms with van der Waals surface area (Å²) in [7, 11) is -1.95. The van der Waals surface area contributed by atoms with E-state index in [1.165, 1.54) is 6.08 Å². The number of hydrogen-bond donors (Lipinski definition) is 2. The monoisotopic (exact) mass is 492 g/mol. The maximum absolute atomic E-state index is 13.2. The highest BCUT2D eigenvalue weighted by molar-refractivity contribution is 6.73. The molecular formula is C27H44O6Si. The van der Waals surface area contributed by atoms with Gasteiger partial charge in [-0.15, -0.1) is 13.2 Å². The van der Waals surface area contributed by atoms with Gasteiger partial charge in [-0.25, -0.2) is 4.79 Å². The Morgan fingerprint density at radius 2 is 1.79 bits per heavy atom. The third-order valence-electron chi connectivity index (χ3n) is 8.76. The number of ether oxygens (including phenoxy) is 2. The Bertz CT molecular complexity index is 812. The molecule has 0 aromatic carbocycles. The zero-order valence-corrected chi connectivity index (χ0v) is 22.8. The number of hydrogen-bond acceptors (Lipinski definition) is 6. The van der Waals surface area contributed by atoms with E-state index in [4.69, 9.17) is 13.9 Å². The van der Waals surface area contributed by atoms with Crippen LogP contribution in [-0.4, -0.2) is 54.5 Å². The molecule has 0 amide bonds. The van der Waals surface area contributed by atoms with Crippen LogP contribution < -0.4 is 0 Å². The summed E-state index contributed by atoms with van der Waals surface area (Å²) >= 11 is 0. The average molecular weight is 493 g/mol. The lowest BCUT2D eigenvalue weighted by Gasteiger charge is -2.57. The van der Waals surface area contributed by atoms with Gasteiger partial charge < -0.3 is 24.1 Å². The van der Waals surface area contributed by atoms with Crippen molar-refractivity contribution in [1.82, 2.24) is 0 Å². The summed E-state index contributed by atoms with van der Waals surface area (Å²) < 4.78 is 19.6. The number of carbonyl (C=O) groups excluding carboxylic acids is 1. The molecule has 1 spiro atoms. The third kappa shape index (κ3) is 4.34. The quantitative estimate of drug-likeness (QED) is 0.233. The van der Waals surface area contributed by atoms with E-state index >= 15 is 0 Å². The third-order valence-corrected chi connectivity index (χ3v) is 13.4. The van der Waals surface area contributed by atoms with Crippen LogP contribution in [0.4, 0.5) is 0 Å². The first-order valence-corrected chi connectivity index (χ1v) is 15.5. The molecule has 7 heteroatoms. The Balaban J connectivity index is 1.97. The van der Waals surface area contributed by atoms with Crippen molar-refractivity contribution in [2.45, 2.75) is 103 Å². The van der Waals surface area contributed by atoms with Crippen molar-refractivity contribution >= 4 is 14.3 Å². The first-order valence-electron chi connectivity index (χ1n) is 13.0. The molecule has 4 unspecified atom stereocenters. The lowest BCUT2D eigenvalue weighted by atomic mass is 9.64. The molecule has 192 valence electrons. The molecule has 2 bridgehead atoms. The minimum Gasteiger partial charge on any atom is -0.487 e. The van der Waals surface area contributed by atoms with Crippen molar-refractivity contribution in [2.75, 3.05) is 0 Å². The Kier molecular flexibility index (Phi) is 8.23. The van der Waals surface area contributed by atoms with Crippen molar-refractivity contribution < 1.29 is 28.9 Å². The van der Waals surface area contributed by atoms with Crippen LogP contribution in [0, 0.1) is 23.7 Å². The van der Waals surface area contributed by atoms with Crippen molar-refractivity contribution in [1.29, 1.82) is 0 Å². The molecule has 4 aliphatic rings. The molecular weight excluding hydrogens is 448 g/mol. The molecule has 0 aromatic heterocycles. The van der Waals surface area contributed by atoms with Crippen LogP contribution in [0.25, 0.3) is 0 Å². The van der Waals surface area contributed by atoms with Crippen LogP contribution in [-0.2, 0) is 18.7 Å². The lowest BCUT2D eigenvalue weighted by molar-refractivity contribution is -0.217. The molecule has 4 rings (SSSR count). The summed E-state index contributed by atoms with van der Waals surface area (Å²) in [4.78, 5) is 13.2. The minimum absolute atomic E-state index is 0.100. The Hall–Kier alpha value is -1.41. The number of rotatable bonds is 12. The number of esters is 1. The number of fused-ring (bicyclic) bond motifs is 2. The standard InChI is InChI=1S/C27H44O6Si/c1-9-19-24(33-34(11-3,12-4)13-5)23-18(8)15-27(19)25(31-23)21(26(30)32-27)22(29)17(7)14-16(6)20(28)10-2/h9-10,16-20,22-24,28-29H,1-2,11-15H2,3-8H3/t16-,17+,18+,19?,20?,22?,23?,24-,27+/m0/s1. The van der Waals surface area contributed by atoms with Gasteiger partial charge in [0.2, 0.25) is 0 Å². The summed E-state index contributed by atoms with van der Waals surface area (Å²) in [5.41, 5.74) is -0.755. The first-order chi connectivity index (χ1) is 16.0. The van der Waals surface area contributed by atoms with Crippen molar-refractivity contribution in [3.8, 4) is 0 Å². The van der Waals surface area contributed by atoms with E-state index in [0.717, 1.165) is 18.1 Å². The molecule has 6 nitrogen and oxygen atoms in total. The average Bonchev–Trinajstić information content (AvgIpc) is 3.11. The molecule has 1 saturated carbocycles. The normalized spacial score (nSPS) is 34.1. The number of aliphatic hydroxyl groups excluding tert-OH is 2. The second-order valence-corrected chi connectivity index (χ2v) is 15.5. The topological polar surface area (TPSA) is 85.2 Å². The Labute approximate surface area is 206 Å². The predicted octanol–water partition coefficient (Wildman–Crippen LogP) is 4.74. The SMILES string of the molecule is C=CC(O)[C@@H](C)C[C@@H](C)C(O)C1=C2OC3[C@@H](O[Si](CC)(CC)CC)C(C=C)[C@@]2(C[C@H]3C)OC1=O. The maximum atomic E-state index is 13.2. The van der Waals surface area contributed by atoms with Gasteiger partial charge >= 0.3 is 5.97 Å². The fourth-order valence-corrected chi connectivity index (χ4v) is 9.19. The molecule has 3 heterocycles. The molecule has 2 saturated heterocycles. The van der Waals surface area contributed by atoms with Gasteiger partial charge in [0.05, 0.1) is 24.2 Å². The van der Waals surface area contributed by atoms with E-state index in [1.807, 2.05) is 19.9 Å². The second-order valence-electron chi connectivity index (χ2n) is 10.7. The molecule has 3 fully saturated rings. The molecule has 34 heavy (non-hydrogen) atoms. The van der Waals surface area contributed by atoms with Crippen LogP contribution in [0.5, 0.6) is 0 Å². The number of aliphatic hydroxyl groups is 2. The lowest BCUT2D eigenvalue weighted by Crippen LogP contribution is -2.65. The molecule has 0 radical (unpaired) electrons. The molecule has 9 atom stereocenters. The molecule has 3 aliphatic heterocycles. The zero-order chi connectivity index (χ0) is 25.4. The fraction of sp³-hybridized carbons (Fsp3) is 0.741. The minimum atomic E-state index is -1.95. The van der Waals surface area contributed by atoms with Gasteiger partial charge in [-0.2, -0.15) is 0 Å². The van der Waals surface area contributed by atoms with E-state index in [0.29, 0.717) is 18.6 Å². The van der Waals surface area contributed by atoms with Gasteiger partial charge in [-0.1, -0.05) is 53.7 Å².